The van der Waals surface area contributed by atoms with Crippen molar-refractivity contribution >= 4 is 22.5 Å². The van der Waals surface area contributed by atoms with Gasteiger partial charge in [0, 0.05) is 38.5 Å². The molecular formula is C25H36N4O3. The van der Waals surface area contributed by atoms with Gasteiger partial charge in [-0.3, -0.25) is 9.69 Å². The van der Waals surface area contributed by atoms with Gasteiger partial charge in [-0.15, -0.1) is 0 Å². The number of methoxy groups -OCH3 is 1. The number of H-pyrrole nitrogens is 1. The van der Waals surface area contributed by atoms with Gasteiger partial charge in [0.1, 0.15) is 0 Å². The molecule has 32 heavy (non-hydrogen) atoms. The van der Waals surface area contributed by atoms with Crippen molar-refractivity contribution in [2.24, 2.45) is 5.41 Å². The van der Waals surface area contributed by atoms with Crippen LogP contribution in [0.3, 0.4) is 0 Å². The summed E-state index contributed by atoms with van der Waals surface area (Å²) in [4.78, 5) is 26.8. The molecule has 1 aromatic carbocycles. The number of carbonyl (C=O) groups is 1. The summed E-state index contributed by atoms with van der Waals surface area (Å²) in [6.07, 6.45) is 5.00. The number of ether oxygens (including phenoxy) is 1. The summed E-state index contributed by atoms with van der Waals surface area (Å²) in [6.45, 7) is 8.82. The molecule has 1 aromatic heterocycles. The van der Waals surface area contributed by atoms with Crippen molar-refractivity contribution < 1.29 is 14.6 Å². The maximum absolute atomic E-state index is 13.6. The first-order valence-electron chi connectivity index (χ1n) is 12.1. The Hall–Kier alpha value is -1.96. The van der Waals surface area contributed by atoms with E-state index in [1.807, 2.05) is 6.92 Å². The zero-order valence-electron chi connectivity index (χ0n) is 19.6. The SMILES string of the molecule is COCC1(C(=O)c2nc3cc(N4CCN5CCCC5C4)c(C)cc3[nH]2)CCC(C)(O)CC1. The molecule has 2 aliphatic heterocycles. The molecule has 3 aliphatic rings. The monoisotopic (exact) mass is 440 g/mol. The highest BCUT2D eigenvalue weighted by molar-refractivity contribution is 6.00. The van der Waals surface area contributed by atoms with Gasteiger partial charge in [0.2, 0.25) is 5.78 Å². The summed E-state index contributed by atoms with van der Waals surface area (Å²) >= 11 is 0. The molecule has 1 saturated carbocycles. The van der Waals surface area contributed by atoms with Gasteiger partial charge in [-0.2, -0.15) is 0 Å². The van der Waals surface area contributed by atoms with Crippen LogP contribution in [0.15, 0.2) is 12.1 Å². The molecule has 0 amide bonds. The zero-order valence-corrected chi connectivity index (χ0v) is 19.6. The maximum Gasteiger partial charge on any atom is 0.206 e. The van der Waals surface area contributed by atoms with E-state index in [9.17, 15) is 9.90 Å². The van der Waals surface area contributed by atoms with E-state index in [0.717, 1.165) is 30.7 Å². The van der Waals surface area contributed by atoms with Gasteiger partial charge in [-0.1, -0.05) is 0 Å². The van der Waals surface area contributed by atoms with Gasteiger partial charge in [-0.05, 0) is 76.6 Å². The molecule has 3 fully saturated rings. The van der Waals surface area contributed by atoms with Crippen molar-refractivity contribution in [1.29, 1.82) is 0 Å². The Morgan fingerprint density at radius 2 is 2.03 bits per heavy atom. The number of imidazole rings is 1. The molecule has 7 nitrogen and oxygen atoms in total. The predicted octanol–water partition coefficient (Wildman–Crippen LogP) is 3.30. The van der Waals surface area contributed by atoms with E-state index in [0.29, 0.717) is 44.2 Å². The van der Waals surface area contributed by atoms with Crippen LogP contribution in [0.1, 0.15) is 61.6 Å². The number of ketones is 1. The number of carbonyl (C=O) groups excluding carboxylic acids is 1. The van der Waals surface area contributed by atoms with Crippen LogP contribution in [-0.2, 0) is 4.74 Å². The fraction of sp³-hybridized carbons (Fsp3) is 0.680. The normalized spacial score (nSPS) is 31.2. The van der Waals surface area contributed by atoms with E-state index in [1.54, 1.807) is 7.11 Å². The summed E-state index contributed by atoms with van der Waals surface area (Å²) in [5.41, 5.74) is 2.87. The van der Waals surface area contributed by atoms with Gasteiger partial charge in [0.05, 0.1) is 28.7 Å². The topological polar surface area (TPSA) is 81.7 Å². The number of rotatable bonds is 5. The minimum absolute atomic E-state index is 0.00447. The van der Waals surface area contributed by atoms with Crippen LogP contribution in [0.4, 0.5) is 5.69 Å². The van der Waals surface area contributed by atoms with E-state index in [4.69, 9.17) is 9.72 Å². The highest BCUT2D eigenvalue weighted by Crippen LogP contribution is 2.43. The average Bonchev–Trinajstić information content (AvgIpc) is 3.40. The lowest BCUT2D eigenvalue weighted by Gasteiger charge is -2.40. The van der Waals surface area contributed by atoms with Crippen LogP contribution in [0.25, 0.3) is 11.0 Å². The van der Waals surface area contributed by atoms with Crippen LogP contribution in [-0.4, -0.2) is 77.3 Å². The number of aromatic nitrogens is 2. The van der Waals surface area contributed by atoms with Crippen LogP contribution < -0.4 is 4.90 Å². The number of aliphatic hydroxyl groups is 1. The third kappa shape index (κ3) is 3.84. The number of nitrogens with one attached hydrogen (secondary N) is 1. The van der Waals surface area contributed by atoms with Crippen LogP contribution >= 0.6 is 0 Å². The molecule has 1 atom stereocenters. The Labute approximate surface area is 190 Å². The van der Waals surface area contributed by atoms with Gasteiger partial charge < -0.3 is 19.7 Å². The zero-order chi connectivity index (χ0) is 22.5. The van der Waals surface area contributed by atoms with E-state index in [2.05, 4.69) is 33.8 Å². The number of hydrogen-bond donors (Lipinski definition) is 2. The second kappa shape index (κ2) is 8.12. The predicted molar refractivity (Wildman–Crippen MR) is 125 cm³/mol. The van der Waals surface area contributed by atoms with Crippen molar-refractivity contribution in [3.8, 4) is 0 Å². The van der Waals surface area contributed by atoms with Crippen molar-refractivity contribution in [3.63, 3.8) is 0 Å². The van der Waals surface area contributed by atoms with Crippen LogP contribution in [0, 0.1) is 12.3 Å². The third-order valence-electron chi connectivity index (χ3n) is 8.13. The van der Waals surface area contributed by atoms with Gasteiger partial charge in [0.25, 0.3) is 0 Å². The molecule has 0 bridgehead atoms. The molecule has 5 rings (SSSR count). The second-order valence-electron chi connectivity index (χ2n) is 10.6. The van der Waals surface area contributed by atoms with Gasteiger partial charge >= 0.3 is 0 Å². The number of nitrogens with zero attached hydrogens (tertiary/aromatic N) is 3. The summed E-state index contributed by atoms with van der Waals surface area (Å²) in [5, 5.41) is 10.4. The summed E-state index contributed by atoms with van der Waals surface area (Å²) in [7, 11) is 1.64. The summed E-state index contributed by atoms with van der Waals surface area (Å²) in [5.74, 6) is 0.417. The Morgan fingerprint density at radius 1 is 1.25 bits per heavy atom. The van der Waals surface area contributed by atoms with Crippen molar-refractivity contribution in [2.45, 2.75) is 64.0 Å². The lowest BCUT2D eigenvalue weighted by atomic mass is 9.67. The minimum atomic E-state index is -0.708. The minimum Gasteiger partial charge on any atom is -0.390 e. The molecule has 1 aliphatic carbocycles. The van der Waals surface area contributed by atoms with E-state index in [-0.39, 0.29) is 5.78 Å². The molecular weight excluding hydrogens is 404 g/mol. The number of benzene rings is 1. The highest BCUT2D eigenvalue weighted by Gasteiger charge is 2.46. The Balaban J connectivity index is 1.42. The highest BCUT2D eigenvalue weighted by atomic mass is 16.5. The molecule has 2 N–H and O–H groups in total. The number of aromatic amines is 1. The molecule has 7 heteroatoms. The summed E-state index contributed by atoms with van der Waals surface area (Å²) in [6, 6.07) is 4.94. The Kier molecular flexibility index (Phi) is 5.55. The first kappa shape index (κ1) is 21.9. The number of anilines is 1. The number of hydrogen-bond acceptors (Lipinski definition) is 6. The quantitative estimate of drug-likeness (QED) is 0.695. The van der Waals surface area contributed by atoms with Gasteiger partial charge in [-0.25, -0.2) is 4.98 Å². The smallest absolute Gasteiger partial charge is 0.206 e. The molecule has 1 unspecified atom stereocenters. The molecule has 2 saturated heterocycles. The largest absolute Gasteiger partial charge is 0.390 e. The third-order valence-corrected chi connectivity index (χ3v) is 8.13. The van der Waals surface area contributed by atoms with Crippen LogP contribution in [0.5, 0.6) is 0 Å². The second-order valence-corrected chi connectivity index (χ2v) is 10.6. The van der Waals surface area contributed by atoms with Gasteiger partial charge in [0.15, 0.2) is 5.82 Å². The average molecular weight is 441 g/mol. The standard InChI is InChI=1S/C25H36N4O3/c1-17-13-19-20(14-21(17)29-12-11-28-10-4-5-18(28)15-29)27-23(26-19)22(30)25(16-32-3)8-6-24(2,31)7-9-25/h13-14,18,31H,4-12,15-16H2,1-3H3,(H,26,27). The number of piperazine rings is 1. The lowest BCUT2D eigenvalue weighted by molar-refractivity contribution is -0.0333. The molecule has 174 valence electrons. The van der Waals surface area contributed by atoms with Crippen molar-refractivity contribution in [2.75, 3.05) is 44.8 Å². The fourth-order valence-electron chi connectivity index (χ4n) is 6.04. The first-order valence-corrected chi connectivity index (χ1v) is 12.1. The molecule has 3 heterocycles. The Morgan fingerprint density at radius 3 is 2.78 bits per heavy atom. The van der Waals surface area contributed by atoms with E-state index in [1.165, 1.54) is 30.6 Å². The molecule has 0 spiro atoms. The lowest BCUT2D eigenvalue weighted by Crippen LogP contribution is -2.50. The number of Topliss-reactive ketones (excluding diaryl/α,β-unsaturated/α-hetero) is 1. The summed E-state index contributed by atoms with van der Waals surface area (Å²) < 4.78 is 5.47. The van der Waals surface area contributed by atoms with E-state index < -0.39 is 11.0 Å². The maximum atomic E-state index is 13.6. The van der Waals surface area contributed by atoms with E-state index >= 15 is 0 Å². The van der Waals surface area contributed by atoms with Crippen LogP contribution in [0.2, 0.25) is 0 Å². The number of aryl methyl sites for hydroxylation is 1. The van der Waals surface area contributed by atoms with Crippen molar-refractivity contribution in [1.82, 2.24) is 14.9 Å². The number of fused-ring (bicyclic) bond motifs is 2. The van der Waals surface area contributed by atoms with Crippen molar-refractivity contribution in [3.05, 3.63) is 23.5 Å². The molecule has 2 aromatic rings. The molecule has 0 radical (unpaired) electrons. The Bertz CT molecular complexity index is 1000. The fourth-order valence-corrected chi connectivity index (χ4v) is 6.04. The first-order chi connectivity index (χ1) is 15.3.